The zero-order chi connectivity index (χ0) is 20.9. The number of carbonyl (C=O) groups is 1. The minimum absolute atomic E-state index is 0.0316. The summed E-state index contributed by atoms with van der Waals surface area (Å²) in [5.74, 6) is -0.243. The molecule has 1 heterocycles. The Balaban J connectivity index is 2.19. The van der Waals surface area contributed by atoms with E-state index in [0.717, 1.165) is 0 Å². The van der Waals surface area contributed by atoms with Crippen molar-refractivity contribution in [1.29, 1.82) is 0 Å². The fraction of sp³-hybridized carbons (Fsp3) is 0.312. The van der Waals surface area contributed by atoms with Gasteiger partial charge in [-0.2, -0.15) is 4.72 Å². The molecule has 0 radical (unpaired) electrons. The average Bonchev–Trinajstić information content (AvgIpc) is 3.04. The molecule has 7 nitrogen and oxygen atoms in total. The summed E-state index contributed by atoms with van der Waals surface area (Å²) in [6.45, 7) is 7.06. The van der Waals surface area contributed by atoms with E-state index in [-0.39, 0.29) is 26.0 Å². The fourth-order valence-corrected chi connectivity index (χ4v) is 6.09. The van der Waals surface area contributed by atoms with Gasteiger partial charge in [-0.15, -0.1) is 16.8 Å². The van der Waals surface area contributed by atoms with Gasteiger partial charge in [0.25, 0.3) is 0 Å². The van der Waals surface area contributed by atoms with E-state index in [1.54, 1.807) is 19.9 Å². The SMILES string of the molecule is C=CCSc1nnc(NC(=O)[C@H](NS(=O)(=O)c2c(Cl)cccc2Cl)C(C)C)s1. The van der Waals surface area contributed by atoms with Gasteiger partial charge in [0.1, 0.15) is 10.9 Å². The summed E-state index contributed by atoms with van der Waals surface area (Å²) < 4.78 is 28.6. The maximum absolute atomic E-state index is 12.8. The van der Waals surface area contributed by atoms with Crippen LogP contribution in [0.4, 0.5) is 5.13 Å². The second-order valence-electron chi connectivity index (χ2n) is 5.86. The third-order valence-electron chi connectivity index (χ3n) is 3.38. The first kappa shape index (κ1) is 23.1. The number of amides is 1. The normalized spacial score (nSPS) is 12.8. The van der Waals surface area contributed by atoms with Gasteiger partial charge in [0.2, 0.25) is 21.1 Å². The number of benzene rings is 1. The number of aromatic nitrogens is 2. The van der Waals surface area contributed by atoms with E-state index in [1.807, 2.05) is 0 Å². The Morgan fingerprint density at radius 2 is 1.96 bits per heavy atom. The summed E-state index contributed by atoms with van der Waals surface area (Å²) in [6.07, 6.45) is 1.73. The largest absolute Gasteiger partial charge is 0.299 e. The lowest BCUT2D eigenvalue weighted by atomic mass is 10.1. The number of sulfonamides is 1. The van der Waals surface area contributed by atoms with Crippen molar-refractivity contribution in [1.82, 2.24) is 14.9 Å². The summed E-state index contributed by atoms with van der Waals surface area (Å²) in [7, 11) is -4.13. The van der Waals surface area contributed by atoms with E-state index in [9.17, 15) is 13.2 Å². The number of hydrogen-bond acceptors (Lipinski definition) is 7. The zero-order valence-corrected chi connectivity index (χ0v) is 18.9. The third-order valence-corrected chi connectivity index (χ3v) is 7.74. The minimum atomic E-state index is -4.13. The lowest BCUT2D eigenvalue weighted by molar-refractivity contribution is -0.118. The van der Waals surface area contributed by atoms with Gasteiger partial charge >= 0.3 is 0 Å². The molecule has 1 atom stereocenters. The van der Waals surface area contributed by atoms with Crippen molar-refractivity contribution in [2.45, 2.75) is 29.1 Å². The molecule has 0 saturated heterocycles. The molecule has 0 unspecified atom stereocenters. The smallest absolute Gasteiger partial charge is 0.244 e. The van der Waals surface area contributed by atoms with Crippen molar-refractivity contribution in [3.05, 3.63) is 40.9 Å². The van der Waals surface area contributed by atoms with Gasteiger partial charge in [0.15, 0.2) is 4.34 Å². The topological polar surface area (TPSA) is 101 Å². The van der Waals surface area contributed by atoms with Gasteiger partial charge in [0, 0.05) is 5.75 Å². The number of thioether (sulfide) groups is 1. The Bertz CT molecular complexity index is 944. The van der Waals surface area contributed by atoms with E-state index in [4.69, 9.17) is 23.2 Å². The van der Waals surface area contributed by atoms with Crippen molar-refractivity contribution in [3.63, 3.8) is 0 Å². The van der Waals surface area contributed by atoms with E-state index >= 15 is 0 Å². The van der Waals surface area contributed by atoms with Crippen LogP contribution in [0.5, 0.6) is 0 Å². The zero-order valence-electron chi connectivity index (χ0n) is 15.0. The molecular weight excluding hydrogens is 463 g/mol. The van der Waals surface area contributed by atoms with Crippen LogP contribution >= 0.6 is 46.3 Å². The molecule has 1 aromatic heterocycles. The lowest BCUT2D eigenvalue weighted by Gasteiger charge is -2.21. The molecule has 2 aromatic rings. The van der Waals surface area contributed by atoms with Gasteiger partial charge in [-0.05, 0) is 18.1 Å². The molecule has 2 rings (SSSR count). The van der Waals surface area contributed by atoms with Crippen LogP contribution in [-0.2, 0) is 14.8 Å². The summed E-state index contributed by atoms with van der Waals surface area (Å²) in [4.78, 5) is 12.4. The fourth-order valence-electron chi connectivity index (χ4n) is 2.09. The maximum Gasteiger partial charge on any atom is 0.244 e. The molecule has 0 bridgehead atoms. The molecule has 0 fully saturated rings. The standard InChI is InChI=1S/C16H18Cl2N4O3S3/c1-4-8-26-16-21-20-15(27-16)19-14(23)12(9(2)3)22-28(24,25)13-10(17)6-5-7-11(13)18/h4-7,9,12,22H,1,8H2,2-3H3,(H,19,20,23)/t12-/m1/s1. The van der Waals surface area contributed by atoms with Gasteiger partial charge in [-0.3, -0.25) is 10.1 Å². The summed E-state index contributed by atoms with van der Waals surface area (Å²) >= 11 is 14.6. The highest BCUT2D eigenvalue weighted by molar-refractivity contribution is 8.01. The van der Waals surface area contributed by atoms with Crippen LogP contribution in [0, 0.1) is 5.92 Å². The first-order valence-corrected chi connectivity index (χ1v) is 12.0. The number of hydrogen-bond donors (Lipinski definition) is 2. The van der Waals surface area contributed by atoms with Crippen LogP contribution in [0.15, 0.2) is 40.1 Å². The third kappa shape index (κ3) is 5.91. The number of halogens is 2. The highest BCUT2D eigenvalue weighted by atomic mass is 35.5. The van der Waals surface area contributed by atoms with Crippen molar-refractivity contribution in [3.8, 4) is 0 Å². The van der Waals surface area contributed by atoms with Gasteiger partial charge < -0.3 is 0 Å². The van der Waals surface area contributed by atoms with Gasteiger partial charge in [-0.25, -0.2) is 8.42 Å². The molecule has 0 aliphatic heterocycles. The summed E-state index contributed by atoms with van der Waals surface area (Å²) in [5.41, 5.74) is 0. The maximum atomic E-state index is 12.8. The molecule has 12 heteroatoms. The van der Waals surface area contributed by atoms with Crippen LogP contribution in [0.1, 0.15) is 13.8 Å². The molecule has 28 heavy (non-hydrogen) atoms. The molecule has 2 N–H and O–H groups in total. The molecule has 152 valence electrons. The monoisotopic (exact) mass is 480 g/mol. The van der Waals surface area contributed by atoms with Gasteiger partial charge in [-0.1, -0.05) is 72.3 Å². The average molecular weight is 481 g/mol. The van der Waals surface area contributed by atoms with Crippen LogP contribution in [0.3, 0.4) is 0 Å². The molecule has 0 saturated carbocycles. The Morgan fingerprint density at radius 3 is 2.54 bits per heavy atom. The van der Waals surface area contributed by atoms with E-state index in [1.165, 1.54) is 41.3 Å². The summed E-state index contributed by atoms with van der Waals surface area (Å²) in [5, 5.41) is 10.7. The van der Waals surface area contributed by atoms with Crippen LogP contribution < -0.4 is 10.0 Å². The molecule has 0 aliphatic carbocycles. The van der Waals surface area contributed by atoms with Crippen LogP contribution in [0.25, 0.3) is 0 Å². The number of nitrogens with zero attached hydrogens (tertiary/aromatic N) is 2. The van der Waals surface area contributed by atoms with Crippen molar-refractivity contribution in [2.75, 3.05) is 11.1 Å². The number of rotatable bonds is 9. The number of carbonyl (C=O) groups excluding carboxylic acids is 1. The Kier molecular flexibility index (Phi) is 8.29. The molecular formula is C16H18Cl2N4O3S3. The van der Waals surface area contributed by atoms with Gasteiger partial charge in [0.05, 0.1) is 10.0 Å². The predicted molar refractivity (Wildman–Crippen MR) is 115 cm³/mol. The van der Waals surface area contributed by atoms with Crippen LogP contribution in [-0.4, -0.2) is 36.3 Å². The summed E-state index contributed by atoms with van der Waals surface area (Å²) in [6, 6.07) is 3.30. The first-order valence-electron chi connectivity index (χ1n) is 8.00. The van der Waals surface area contributed by atoms with E-state index in [0.29, 0.717) is 10.1 Å². The van der Waals surface area contributed by atoms with E-state index in [2.05, 4.69) is 26.8 Å². The first-order chi connectivity index (χ1) is 13.2. The van der Waals surface area contributed by atoms with Crippen LogP contribution in [0.2, 0.25) is 10.0 Å². The highest BCUT2D eigenvalue weighted by Gasteiger charge is 2.31. The lowest BCUT2D eigenvalue weighted by Crippen LogP contribution is -2.47. The second-order valence-corrected chi connectivity index (χ2v) is 10.6. The van der Waals surface area contributed by atoms with Crippen molar-refractivity contribution < 1.29 is 13.2 Å². The number of anilines is 1. The predicted octanol–water partition coefficient (Wildman–Crippen LogP) is 4.06. The van der Waals surface area contributed by atoms with E-state index < -0.39 is 22.0 Å². The number of nitrogens with one attached hydrogen (secondary N) is 2. The highest BCUT2D eigenvalue weighted by Crippen LogP contribution is 2.30. The Hall–Kier alpha value is -1.17. The Morgan fingerprint density at radius 1 is 1.32 bits per heavy atom. The molecule has 1 aromatic carbocycles. The molecule has 0 spiro atoms. The van der Waals surface area contributed by atoms with Crippen molar-refractivity contribution >= 4 is 67.4 Å². The quantitative estimate of drug-likeness (QED) is 0.318. The molecule has 0 aliphatic rings. The second kappa shape index (κ2) is 10.0. The molecule has 1 amide bonds. The Labute approximate surface area is 182 Å². The minimum Gasteiger partial charge on any atom is -0.299 e. The van der Waals surface area contributed by atoms with Crippen molar-refractivity contribution in [2.24, 2.45) is 5.92 Å².